The molecule has 2 heteroatoms. The highest BCUT2D eigenvalue weighted by Crippen LogP contribution is 2.41. The standard InChI is InChI=1S/C31H26NP/c1-24-14-11-12-21-28(24)29-22-13-23-30(31(29)32-25-15-5-2-6-16-25)33(26-17-7-3-8-18-26)27-19-9-4-10-20-27/h2-23,32H,1H3. The fourth-order valence-electron chi connectivity index (χ4n) is 4.20. The summed E-state index contributed by atoms with van der Waals surface area (Å²) in [5, 5.41) is 7.82. The third-order valence-electron chi connectivity index (χ3n) is 5.79. The van der Waals surface area contributed by atoms with E-state index in [-0.39, 0.29) is 0 Å². The highest BCUT2D eigenvalue weighted by Gasteiger charge is 2.22. The van der Waals surface area contributed by atoms with Crippen molar-refractivity contribution in [1.29, 1.82) is 0 Å². The topological polar surface area (TPSA) is 12.0 Å². The van der Waals surface area contributed by atoms with Gasteiger partial charge in [-0.25, -0.2) is 0 Å². The van der Waals surface area contributed by atoms with Crippen LogP contribution in [0.15, 0.2) is 133 Å². The molecule has 0 amide bonds. The summed E-state index contributed by atoms with van der Waals surface area (Å²) in [5.41, 5.74) is 6.03. The van der Waals surface area contributed by atoms with E-state index in [2.05, 4.69) is 146 Å². The maximum Gasteiger partial charge on any atom is 0.0548 e. The minimum atomic E-state index is -0.742. The summed E-state index contributed by atoms with van der Waals surface area (Å²) in [6, 6.07) is 47.6. The molecule has 0 saturated heterocycles. The van der Waals surface area contributed by atoms with E-state index in [1.54, 1.807) is 0 Å². The van der Waals surface area contributed by atoms with Crippen molar-refractivity contribution in [1.82, 2.24) is 0 Å². The van der Waals surface area contributed by atoms with Crippen molar-refractivity contribution in [2.45, 2.75) is 6.92 Å². The number of hydrogen-bond donors (Lipinski definition) is 1. The molecule has 0 saturated carbocycles. The zero-order valence-corrected chi connectivity index (χ0v) is 19.5. The second-order valence-electron chi connectivity index (χ2n) is 8.01. The Kier molecular flexibility index (Phi) is 6.33. The van der Waals surface area contributed by atoms with Crippen molar-refractivity contribution in [2.75, 3.05) is 5.32 Å². The highest BCUT2D eigenvalue weighted by molar-refractivity contribution is 7.80. The van der Waals surface area contributed by atoms with Crippen molar-refractivity contribution in [3.05, 3.63) is 139 Å². The van der Waals surface area contributed by atoms with Gasteiger partial charge < -0.3 is 5.32 Å². The van der Waals surface area contributed by atoms with Crippen LogP contribution in [0.2, 0.25) is 0 Å². The van der Waals surface area contributed by atoms with E-state index in [4.69, 9.17) is 0 Å². The predicted molar refractivity (Wildman–Crippen MR) is 145 cm³/mol. The Morgan fingerprint density at radius 3 is 1.61 bits per heavy atom. The molecule has 1 N–H and O–H groups in total. The Hall–Kier alpha value is -3.67. The molecule has 5 rings (SSSR count). The van der Waals surface area contributed by atoms with E-state index < -0.39 is 7.92 Å². The van der Waals surface area contributed by atoms with Gasteiger partial charge in [-0.15, -0.1) is 0 Å². The lowest BCUT2D eigenvalue weighted by Gasteiger charge is -2.25. The lowest BCUT2D eigenvalue weighted by molar-refractivity contribution is 1.45. The third-order valence-corrected chi connectivity index (χ3v) is 8.27. The lowest BCUT2D eigenvalue weighted by Crippen LogP contribution is -2.23. The molecule has 0 radical (unpaired) electrons. The predicted octanol–water partition coefficient (Wildman–Crippen LogP) is 7.16. The van der Waals surface area contributed by atoms with Gasteiger partial charge in [0.25, 0.3) is 0 Å². The lowest BCUT2D eigenvalue weighted by atomic mass is 9.99. The number of hydrogen-bond acceptors (Lipinski definition) is 1. The summed E-state index contributed by atoms with van der Waals surface area (Å²) in [7, 11) is -0.742. The summed E-state index contributed by atoms with van der Waals surface area (Å²) in [5.74, 6) is 0. The van der Waals surface area contributed by atoms with Crippen LogP contribution in [0.3, 0.4) is 0 Å². The van der Waals surface area contributed by atoms with Crippen molar-refractivity contribution in [3.8, 4) is 11.1 Å². The Morgan fingerprint density at radius 2 is 1.00 bits per heavy atom. The number of nitrogens with one attached hydrogen (secondary N) is 1. The molecule has 0 atom stereocenters. The fraction of sp³-hybridized carbons (Fsp3) is 0.0323. The van der Waals surface area contributed by atoms with Gasteiger partial charge in [-0.2, -0.15) is 0 Å². The normalized spacial score (nSPS) is 10.8. The minimum Gasteiger partial charge on any atom is -0.354 e. The molecular weight excluding hydrogens is 417 g/mol. The molecule has 0 aliphatic rings. The number of aryl methyl sites for hydroxylation is 1. The van der Waals surface area contributed by atoms with Gasteiger partial charge in [0.2, 0.25) is 0 Å². The van der Waals surface area contributed by atoms with Gasteiger partial charge in [-0.05, 0) is 48.7 Å². The first-order valence-electron chi connectivity index (χ1n) is 11.2. The SMILES string of the molecule is Cc1ccccc1-c1cccc(P(c2ccccc2)c2ccccc2)c1Nc1ccccc1. The highest BCUT2D eigenvalue weighted by atomic mass is 31.1. The molecule has 0 spiro atoms. The summed E-state index contributed by atoms with van der Waals surface area (Å²) in [4.78, 5) is 0. The van der Waals surface area contributed by atoms with E-state index in [1.165, 1.54) is 38.3 Å². The zero-order chi connectivity index (χ0) is 22.5. The molecule has 0 fully saturated rings. The van der Waals surface area contributed by atoms with Gasteiger partial charge in [-0.3, -0.25) is 0 Å². The molecule has 160 valence electrons. The number of benzene rings is 5. The molecule has 33 heavy (non-hydrogen) atoms. The van der Waals surface area contributed by atoms with Crippen LogP contribution in [0.1, 0.15) is 5.56 Å². The van der Waals surface area contributed by atoms with Crippen LogP contribution in [0.4, 0.5) is 11.4 Å². The molecule has 0 heterocycles. The first kappa shape index (κ1) is 21.2. The Labute approximate surface area is 197 Å². The van der Waals surface area contributed by atoms with Crippen LogP contribution >= 0.6 is 7.92 Å². The van der Waals surface area contributed by atoms with Gasteiger partial charge in [0, 0.05) is 16.6 Å². The zero-order valence-electron chi connectivity index (χ0n) is 18.6. The molecule has 0 unspecified atom stereocenters. The minimum absolute atomic E-state index is 0.742. The number of rotatable bonds is 6. The average molecular weight is 444 g/mol. The molecule has 1 nitrogen and oxygen atoms in total. The van der Waals surface area contributed by atoms with Crippen LogP contribution in [-0.2, 0) is 0 Å². The van der Waals surface area contributed by atoms with Gasteiger partial charge in [-0.1, -0.05) is 121 Å². The first-order chi connectivity index (χ1) is 16.3. The van der Waals surface area contributed by atoms with Crippen molar-refractivity contribution in [3.63, 3.8) is 0 Å². The van der Waals surface area contributed by atoms with Crippen LogP contribution in [0, 0.1) is 6.92 Å². The molecule has 0 bridgehead atoms. The molecule has 0 aliphatic heterocycles. The molecule has 5 aromatic carbocycles. The van der Waals surface area contributed by atoms with E-state index >= 15 is 0 Å². The van der Waals surface area contributed by atoms with E-state index in [9.17, 15) is 0 Å². The summed E-state index contributed by atoms with van der Waals surface area (Å²) in [6.45, 7) is 2.19. The van der Waals surface area contributed by atoms with Gasteiger partial charge >= 0.3 is 0 Å². The van der Waals surface area contributed by atoms with Crippen LogP contribution in [0.5, 0.6) is 0 Å². The van der Waals surface area contributed by atoms with Crippen molar-refractivity contribution in [2.24, 2.45) is 0 Å². The average Bonchev–Trinajstić information content (AvgIpc) is 2.87. The Balaban J connectivity index is 1.77. The second kappa shape index (κ2) is 9.86. The van der Waals surface area contributed by atoms with E-state index in [0.29, 0.717) is 0 Å². The van der Waals surface area contributed by atoms with E-state index in [1.807, 2.05) is 0 Å². The first-order valence-corrected chi connectivity index (χ1v) is 12.6. The van der Waals surface area contributed by atoms with E-state index in [0.717, 1.165) is 5.69 Å². The number of anilines is 2. The number of para-hydroxylation sites is 2. The smallest absolute Gasteiger partial charge is 0.0548 e. The van der Waals surface area contributed by atoms with Crippen molar-refractivity contribution < 1.29 is 0 Å². The second-order valence-corrected chi connectivity index (χ2v) is 10.2. The summed E-state index contributed by atoms with van der Waals surface area (Å²) < 4.78 is 0. The molecular formula is C31H26NP. The van der Waals surface area contributed by atoms with Gasteiger partial charge in [0.1, 0.15) is 0 Å². The largest absolute Gasteiger partial charge is 0.354 e. The Morgan fingerprint density at radius 1 is 0.485 bits per heavy atom. The molecule has 0 aromatic heterocycles. The van der Waals surface area contributed by atoms with Crippen LogP contribution in [-0.4, -0.2) is 0 Å². The van der Waals surface area contributed by atoms with Gasteiger partial charge in [0.05, 0.1) is 5.69 Å². The maximum absolute atomic E-state index is 3.80. The summed E-state index contributed by atoms with van der Waals surface area (Å²) >= 11 is 0. The molecule has 5 aromatic rings. The van der Waals surface area contributed by atoms with Gasteiger partial charge in [0.15, 0.2) is 0 Å². The van der Waals surface area contributed by atoms with Crippen molar-refractivity contribution >= 4 is 35.2 Å². The van der Waals surface area contributed by atoms with Crippen LogP contribution < -0.4 is 21.2 Å². The molecule has 0 aliphatic carbocycles. The quantitative estimate of drug-likeness (QED) is 0.275. The monoisotopic (exact) mass is 443 g/mol. The third kappa shape index (κ3) is 4.60. The maximum atomic E-state index is 3.80. The van der Waals surface area contributed by atoms with Crippen LogP contribution in [0.25, 0.3) is 11.1 Å². The Bertz CT molecular complexity index is 1290. The fourth-order valence-corrected chi connectivity index (χ4v) is 6.63. The summed E-state index contributed by atoms with van der Waals surface area (Å²) in [6.07, 6.45) is 0.